The molecule has 112 valence electrons. The van der Waals surface area contributed by atoms with Gasteiger partial charge in [0.25, 0.3) is 0 Å². The summed E-state index contributed by atoms with van der Waals surface area (Å²) in [4.78, 5) is 7.17. The van der Waals surface area contributed by atoms with Gasteiger partial charge in [-0.25, -0.2) is 23.1 Å². The number of aliphatic hydroxyl groups excluding tert-OH is 1. The first-order valence-corrected chi connectivity index (χ1v) is 8.02. The maximum absolute atomic E-state index is 12.2. The van der Waals surface area contributed by atoms with Crippen LogP contribution in [0.2, 0.25) is 5.28 Å². The van der Waals surface area contributed by atoms with Crippen LogP contribution in [0.1, 0.15) is 5.56 Å². The molecular weight excluding hydrogens is 314 g/mol. The molecule has 0 aliphatic heterocycles. The van der Waals surface area contributed by atoms with Crippen LogP contribution in [-0.2, 0) is 16.4 Å². The third-order valence-electron chi connectivity index (χ3n) is 2.77. The molecule has 21 heavy (non-hydrogen) atoms. The second-order valence-corrected chi connectivity index (χ2v) is 6.43. The fourth-order valence-electron chi connectivity index (χ4n) is 1.77. The lowest BCUT2D eigenvalue weighted by atomic mass is 10.1. The molecule has 2 aromatic rings. The van der Waals surface area contributed by atoms with Gasteiger partial charge in [0.15, 0.2) is 0 Å². The Morgan fingerprint density at radius 2 is 1.81 bits per heavy atom. The predicted octanol–water partition coefficient (Wildman–Crippen LogP) is 1.01. The van der Waals surface area contributed by atoms with Crippen molar-refractivity contribution in [3.63, 3.8) is 0 Å². The van der Waals surface area contributed by atoms with Gasteiger partial charge in [-0.05, 0) is 23.6 Å². The molecule has 0 fully saturated rings. The zero-order chi connectivity index (χ0) is 15.3. The van der Waals surface area contributed by atoms with Crippen molar-refractivity contribution >= 4 is 21.6 Å². The summed E-state index contributed by atoms with van der Waals surface area (Å²) in [6, 6.07) is 8.67. The van der Waals surface area contributed by atoms with E-state index in [1.807, 2.05) is 30.3 Å². The Balaban J connectivity index is 2.12. The van der Waals surface area contributed by atoms with Crippen molar-refractivity contribution in [2.75, 3.05) is 6.61 Å². The Bertz CT molecular complexity index is 678. The molecule has 0 aliphatic rings. The first-order chi connectivity index (χ1) is 10.0. The summed E-state index contributed by atoms with van der Waals surface area (Å²) >= 11 is 5.52. The lowest BCUT2D eigenvalue weighted by Gasteiger charge is -2.16. The maximum atomic E-state index is 12.2. The van der Waals surface area contributed by atoms with E-state index in [4.69, 9.17) is 11.6 Å². The molecule has 0 radical (unpaired) electrons. The first kappa shape index (κ1) is 15.8. The van der Waals surface area contributed by atoms with E-state index in [2.05, 4.69) is 14.7 Å². The molecule has 0 aliphatic carbocycles. The molecule has 0 saturated carbocycles. The molecule has 1 heterocycles. The maximum Gasteiger partial charge on any atom is 0.243 e. The minimum atomic E-state index is -3.80. The van der Waals surface area contributed by atoms with Crippen LogP contribution in [-0.4, -0.2) is 36.1 Å². The molecule has 8 heteroatoms. The van der Waals surface area contributed by atoms with Crippen LogP contribution >= 0.6 is 11.6 Å². The van der Waals surface area contributed by atoms with E-state index in [1.165, 1.54) is 0 Å². The number of hydrogen-bond donors (Lipinski definition) is 2. The number of sulfonamides is 1. The number of aliphatic hydroxyl groups is 1. The van der Waals surface area contributed by atoms with Gasteiger partial charge in [0, 0.05) is 6.04 Å². The van der Waals surface area contributed by atoms with Crippen molar-refractivity contribution in [3.05, 3.63) is 53.6 Å². The van der Waals surface area contributed by atoms with E-state index >= 15 is 0 Å². The number of rotatable bonds is 6. The van der Waals surface area contributed by atoms with E-state index in [0.29, 0.717) is 6.42 Å². The monoisotopic (exact) mass is 327 g/mol. The summed E-state index contributed by atoms with van der Waals surface area (Å²) in [6.45, 7) is -0.317. The summed E-state index contributed by atoms with van der Waals surface area (Å²) in [5, 5.41) is 9.33. The topological polar surface area (TPSA) is 92.2 Å². The van der Waals surface area contributed by atoms with Crippen molar-refractivity contribution < 1.29 is 13.5 Å². The van der Waals surface area contributed by atoms with Gasteiger partial charge in [0.05, 0.1) is 19.0 Å². The molecule has 2 rings (SSSR count). The Labute approximate surface area is 127 Å². The van der Waals surface area contributed by atoms with Crippen molar-refractivity contribution in [3.8, 4) is 0 Å². The van der Waals surface area contributed by atoms with Crippen molar-refractivity contribution in [1.29, 1.82) is 0 Å². The number of hydrogen-bond acceptors (Lipinski definition) is 5. The fourth-order valence-corrected chi connectivity index (χ4v) is 2.98. The highest BCUT2D eigenvalue weighted by Crippen LogP contribution is 2.10. The molecule has 0 bridgehead atoms. The average Bonchev–Trinajstić information content (AvgIpc) is 2.48. The number of halogens is 1. The zero-order valence-electron chi connectivity index (χ0n) is 11.0. The van der Waals surface area contributed by atoms with Gasteiger partial charge < -0.3 is 5.11 Å². The quantitative estimate of drug-likeness (QED) is 0.773. The molecule has 6 nitrogen and oxygen atoms in total. The molecule has 1 aromatic carbocycles. The van der Waals surface area contributed by atoms with E-state index in [1.54, 1.807) is 0 Å². The Kier molecular flexibility index (Phi) is 5.24. The first-order valence-electron chi connectivity index (χ1n) is 6.16. The van der Waals surface area contributed by atoms with Gasteiger partial charge in [-0.15, -0.1) is 0 Å². The molecular formula is C13H14ClN3O3S. The highest BCUT2D eigenvalue weighted by Gasteiger charge is 2.20. The molecule has 1 unspecified atom stereocenters. The minimum absolute atomic E-state index is 0.0306. The van der Waals surface area contributed by atoms with Crippen LogP contribution in [0.3, 0.4) is 0 Å². The molecule has 0 amide bonds. The second kappa shape index (κ2) is 6.95. The third kappa shape index (κ3) is 4.47. The predicted molar refractivity (Wildman–Crippen MR) is 78.4 cm³/mol. The van der Waals surface area contributed by atoms with Crippen LogP contribution < -0.4 is 4.72 Å². The Hall–Kier alpha value is -1.54. The highest BCUT2D eigenvalue weighted by atomic mass is 35.5. The zero-order valence-corrected chi connectivity index (χ0v) is 12.5. The van der Waals surface area contributed by atoms with Gasteiger partial charge in [-0.1, -0.05) is 30.3 Å². The largest absolute Gasteiger partial charge is 0.395 e. The standard InChI is InChI=1S/C13H14ClN3O3S/c14-13-15-7-12(8-16-13)21(19,20)17-11(9-18)6-10-4-2-1-3-5-10/h1-5,7-8,11,17-18H,6,9H2. The van der Waals surface area contributed by atoms with E-state index < -0.39 is 16.1 Å². The summed E-state index contributed by atoms with van der Waals surface area (Å²) in [7, 11) is -3.80. The van der Waals surface area contributed by atoms with E-state index in [0.717, 1.165) is 18.0 Å². The smallest absolute Gasteiger partial charge is 0.243 e. The summed E-state index contributed by atoms with van der Waals surface area (Å²) < 4.78 is 26.7. The highest BCUT2D eigenvalue weighted by molar-refractivity contribution is 7.89. The number of aromatic nitrogens is 2. The Morgan fingerprint density at radius 1 is 1.19 bits per heavy atom. The fraction of sp³-hybridized carbons (Fsp3) is 0.231. The van der Waals surface area contributed by atoms with Crippen molar-refractivity contribution in [2.45, 2.75) is 17.4 Å². The number of nitrogens with zero attached hydrogens (tertiary/aromatic N) is 2. The van der Waals surface area contributed by atoms with Crippen LogP contribution in [0.25, 0.3) is 0 Å². The molecule has 0 saturated heterocycles. The van der Waals surface area contributed by atoms with Crippen molar-refractivity contribution in [2.24, 2.45) is 0 Å². The molecule has 2 N–H and O–H groups in total. The molecule has 0 spiro atoms. The Morgan fingerprint density at radius 3 is 2.38 bits per heavy atom. The normalized spacial score (nSPS) is 13.0. The summed E-state index contributed by atoms with van der Waals surface area (Å²) in [5.41, 5.74) is 0.923. The van der Waals surface area contributed by atoms with Crippen molar-refractivity contribution in [1.82, 2.24) is 14.7 Å². The lowest BCUT2D eigenvalue weighted by molar-refractivity contribution is 0.256. The van der Waals surface area contributed by atoms with Gasteiger partial charge in [-0.3, -0.25) is 0 Å². The van der Waals surface area contributed by atoms with Gasteiger partial charge in [0.1, 0.15) is 4.90 Å². The number of nitrogens with one attached hydrogen (secondary N) is 1. The second-order valence-electron chi connectivity index (χ2n) is 4.38. The van der Waals surface area contributed by atoms with Crippen LogP contribution in [0, 0.1) is 0 Å². The summed E-state index contributed by atoms with van der Waals surface area (Å²) in [5.74, 6) is 0. The van der Waals surface area contributed by atoms with Gasteiger partial charge >= 0.3 is 0 Å². The van der Waals surface area contributed by atoms with Gasteiger partial charge in [0.2, 0.25) is 15.3 Å². The third-order valence-corrected chi connectivity index (χ3v) is 4.44. The van der Waals surface area contributed by atoms with Crippen LogP contribution in [0.5, 0.6) is 0 Å². The average molecular weight is 328 g/mol. The SMILES string of the molecule is O=S(=O)(NC(CO)Cc1ccccc1)c1cnc(Cl)nc1. The molecule has 1 aromatic heterocycles. The van der Waals surface area contributed by atoms with Crippen LogP contribution in [0.15, 0.2) is 47.6 Å². The minimum Gasteiger partial charge on any atom is -0.395 e. The summed E-state index contributed by atoms with van der Waals surface area (Å²) in [6.07, 6.45) is 2.62. The van der Waals surface area contributed by atoms with Gasteiger partial charge in [-0.2, -0.15) is 0 Å². The number of benzene rings is 1. The molecule has 1 atom stereocenters. The van der Waals surface area contributed by atoms with Crippen LogP contribution in [0.4, 0.5) is 0 Å². The van der Waals surface area contributed by atoms with E-state index in [9.17, 15) is 13.5 Å². The van der Waals surface area contributed by atoms with E-state index in [-0.39, 0.29) is 16.8 Å². The lowest BCUT2D eigenvalue weighted by Crippen LogP contribution is -2.39.